The molecule has 0 saturated heterocycles. The average Bonchev–Trinajstić information content (AvgIpc) is 2.48. The molecule has 2 aromatic rings. The van der Waals surface area contributed by atoms with Crippen LogP contribution in [0, 0.1) is 0 Å². The average molecular weight is 272 g/mol. The number of hydrogen-bond donors (Lipinski definition) is 1. The molecular weight excluding hydrogens is 252 g/mol. The standard InChI is InChI=1S/C17H20O3/c1-2-3-4-13-19-15-9-11-17(12-10-15)20-16-7-5-14(18)6-8-16/h5-12,18H,2-4,13H2,1H3. The summed E-state index contributed by atoms with van der Waals surface area (Å²) in [6.45, 7) is 2.93. The van der Waals surface area contributed by atoms with Crippen LogP contribution in [0.15, 0.2) is 48.5 Å². The van der Waals surface area contributed by atoms with Crippen molar-refractivity contribution in [2.24, 2.45) is 0 Å². The largest absolute Gasteiger partial charge is 0.508 e. The van der Waals surface area contributed by atoms with Crippen molar-refractivity contribution in [3.05, 3.63) is 48.5 Å². The number of unbranched alkanes of at least 4 members (excludes halogenated alkanes) is 2. The lowest BCUT2D eigenvalue weighted by atomic mass is 10.2. The highest BCUT2D eigenvalue weighted by Gasteiger charge is 1.99. The molecule has 106 valence electrons. The third-order valence-corrected chi connectivity index (χ3v) is 2.91. The van der Waals surface area contributed by atoms with E-state index in [1.165, 1.54) is 12.8 Å². The van der Waals surface area contributed by atoms with Crippen molar-refractivity contribution in [1.29, 1.82) is 0 Å². The van der Waals surface area contributed by atoms with Crippen molar-refractivity contribution >= 4 is 0 Å². The van der Waals surface area contributed by atoms with E-state index in [1.54, 1.807) is 24.3 Å². The zero-order valence-corrected chi connectivity index (χ0v) is 11.7. The van der Waals surface area contributed by atoms with Gasteiger partial charge in [0.15, 0.2) is 0 Å². The van der Waals surface area contributed by atoms with Crippen molar-refractivity contribution in [2.45, 2.75) is 26.2 Å². The van der Waals surface area contributed by atoms with Gasteiger partial charge in [0.05, 0.1) is 6.61 Å². The van der Waals surface area contributed by atoms with Gasteiger partial charge in [-0.1, -0.05) is 19.8 Å². The van der Waals surface area contributed by atoms with Crippen molar-refractivity contribution in [3.8, 4) is 23.0 Å². The fourth-order valence-corrected chi connectivity index (χ4v) is 1.80. The minimum absolute atomic E-state index is 0.230. The molecule has 0 spiro atoms. The van der Waals surface area contributed by atoms with Gasteiger partial charge in [-0.3, -0.25) is 0 Å². The number of rotatable bonds is 7. The first-order chi connectivity index (χ1) is 9.78. The lowest BCUT2D eigenvalue weighted by molar-refractivity contribution is 0.306. The molecule has 0 aliphatic heterocycles. The Morgan fingerprint density at radius 2 is 1.35 bits per heavy atom. The highest BCUT2D eigenvalue weighted by Crippen LogP contribution is 2.25. The van der Waals surface area contributed by atoms with Gasteiger partial charge in [-0.2, -0.15) is 0 Å². The van der Waals surface area contributed by atoms with E-state index in [4.69, 9.17) is 9.47 Å². The number of benzene rings is 2. The van der Waals surface area contributed by atoms with Gasteiger partial charge in [0.1, 0.15) is 23.0 Å². The summed E-state index contributed by atoms with van der Waals surface area (Å²) in [6, 6.07) is 14.2. The van der Waals surface area contributed by atoms with Crippen LogP contribution >= 0.6 is 0 Å². The monoisotopic (exact) mass is 272 g/mol. The van der Waals surface area contributed by atoms with Crippen LogP contribution in [0.2, 0.25) is 0 Å². The Kier molecular flexibility index (Phi) is 5.30. The highest BCUT2D eigenvalue weighted by molar-refractivity contribution is 5.37. The molecule has 0 aromatic heterocycles. The van der Waals surface area contributed by atoms with Gasteiger partial charge in [0, 0.05) is 0 Å². The van der Waals surface area contributed by atoms with E-state index in [2.05, 4.69) is 6.92 Å². The SMILES string of the molecule is CCCCCOc1ccc(Oc2ccc(O)cc2)cc1. The fraction of sp³-hybridized carbons (Fsp3) is 0.294. The molecule has 2 aromatic carbocycles. The van der Waals surface area contributed by atoms with Crippen molar-refractivity contribution in [3.63, 3.8) is 0 Å². The summed E-state index contributed by atoms with van der Waals surface area (Å²) >= 11 is 0. The zero-order valence-electron chi connectivity index (χ0n) is 11.7. The molecule has 3 nitrogen and oxygen atoms in total. The van der Waals surface area contributed by atoms with Crippen LogP contribution in [-0.4, -0.2) is 11.7 Å². The Balaban J connectivity index is 1.86. The number of aromatic hydroxyl groups is 1. The van der Waals surface area contributed by atoms with Crippen molar-refractivity contribution < 1.29 is 14.6 Å². The molecule has 0 fully saturated rings. The van der Waals surface area contributed by atoms with Crippen LogP contribution in [0.25, 0.3) is 0 Å². The molecule has 2 rings (SSSR count). The van der Waals surface area contributed by atoms with E-state index in [0.29, 0.717) is 5.75 Å². The van der Waals surface area contributed by atoms with Gasteiger partial charge in [-0.05, 0) is 55.0 Å². The maximum atomic E-state index is 9.21. The summed E-state index contributed by atoms with van der Waals surface area (Å²) in [7, 11) is 0. The second-order valence-electron chi connectivity index (χ2n) is 4.62. The maximum Gasteiger partial charge on any atom is 0.127 e. The van der Waals surface area contributed by atoms with E-state index >= 15 is 0 Å². The van der Waals surface area contributed by atoms with Crippen LogP contribution in [0.1, 0.15) is 26.2 Å². The van der Waals surface area contributed by atoms with Gasteiger partial charge >= 0.3 is 0 Å². The molecule has 0 radical (unpaired) electrons. The summed E-state index contributed by atoms with van der Waals surface area (Å²) in [5.74, 6) is 2.53. The van der Waals surface area contributed by atoms with E-state index < -0.39 is 0 Å². The minimum Gasteiger partial charge on any atom is -0.508 e. The molecule has 0 amide bonds. The summed E-state index contributed by atoms with van der Waals surface area (Å²) in [5.41, 5.74) is 0. The first-order valence-corrected chi connectivity index (χ1v) is 6.97. The third-order valence-electron chi connectivity index (χ3n) is 2.91. The number of ether oxygens (including phenoxy) is 2. The Morgan fingerprint density at radius 3 is 1.95 bits per heavy atom. The van der Waals surface area contributed by atoms with Crippen molar-refractivity contribution in [2.75, 3.05) is 6.61 Å². The molecule has 0 unspecified atom stereocenters. The van der Waals surface area contributed by atoms with Gasteiger partial charge < -0.3 is 14.6 Å². The van der Waals surface area contributed by atoms with Gasteiger partial charge in [0.25, 0.3) is 0 Å². The fourth-order valence-electron chi connectivity index (χ4n) is 1.80. The van der Waals surface area contributed by atoms with Crippen LogP contribution in [0.4, 0.5) is 0 Å². The lowest BCUT2D eigenvalue weighted by Gasteiger charge is -2.08. The topological polar surface area (TPSA) is 38.7 Å². The first kappa shape index (κ1) is 14.3. The van der Waals surface area contributed by atoms with Crippen LogP contribution in [-0.2, 0) is 0 Å². The van der Waals surface area contributed by atoms with Crippen LogP contribution in [0.3, 0.4) is 0 Å². The zero-order chi connectivity index (χ0) is 14.2. The number of phenols is 1. The van der Waals surface area contributed by atoms with Crippen LogP contribution in [0.5, 0.6) is 23.0 Å². The molecular formula is C17H20O3. The van der Waals surface area contributed by atoms with E-state index in [0.717, 1.165) is 24.5 Å². The molecule has 0 aliphatic rings. The summed E-state index contributed by atoms with van der Waals surface area (Å²) in [6.07, 6.45) is 3.48. The lowest BCUT2D eigenvalue weighted by Crippen LogP contribution is -1.96. The van der Waals surface area contributed by atoms with Gasteiger partial charge in [-0.25, -0.2) is 0 Å². The second kappa shape index (κ2) is 7.43. The summed E-state index contributed by atoms with van der Waals surface area (Å²) in [4.78, 5) is 0. The van der Waals surface area contributed by atoms with Crippen molar-refractivity contribution in [1.82, 2.24) is 0 Å². The van der Waals surface area contributed by atoms with E-state index in [9.17, 15) is 5.11 Å². The first-order valence-electron chi connectivity index (χ1n) is 6.97. The predicted octanol–water partition coefficient (Wildman–Crippen LogP) is 4.75. The second-order valence-corrected chi connectivity index (χ2v) is 4.62. The molecule has 0 atom stereocenters. The van der Waals surface area contributed by atoms with E-state index in [1.807, 2.05) is 24.3 Å². The quantitative estimate of drug-likeness (QED) is 0.739. The smallest absolute Gasteiger partial charge is 0.127 e. The predicted molar refractivity (Wildman–Crippen MR) is 79.6 cm³/mol. The Labute approximate surface area is 119 Å². The Morgan fingerprint density at radius 1 is 0.800 bits per heavy atom. The molecule has 0 saturated carbocycles. The molecule has 20 heavy (non-hydrogen) atoms. The molecule has 3 heteroatoms. The van der Waals surface area contributed by atoms with E-state index in [-0.39, 0.29) is 5.75 Å². The Hall–Kier alpha value is -2.16. The minimum atomic E-state index is 0.230. The number of phenolic OH excluding ortho intramolecular Hbond substituents is 1. The highest BCUT2D eigenvalue weighted by atomic mass is 16.5. The molecule has 0 heterocycles. The summed E-state index contributed by atoms with van der Waals surface area (Å²) < 4.78 is 11.3. The molecule has 0 bridgehead atoms. The maximum absolute atomic E-state index is 9.21. The summed E-state index contributed by atoms with van der Waals surface area (Å²) in [5, 5.41) is 9.21. The molecule has 0 aliphatic carbocycles. The van der Waals surface area contributed by atoms with Gasteiger partial charge in [-0.15, -0.1) is 0 Å². The molecule has 1 N–H and O–H groups in total. The van der Waals surface area contributed by atoms with Crippen LogP contribution < -0.4 is 9.47 Å². The Bertz CT molecular complexity index is 503. The third kappa shape index (κ3) is 4.50. The number of hydrogen-bond acceptors (Lipinski definition) is 3. The normalized spacial score (nSPS) is 10.2. The van der Waals surface area contributed by atoms with Gasteiger partial charge in [0.2, 0.25) is 0 Å².